The van der Waals surface area contributed by atoms with E-state index < -0.39 is 0 Å². The second-order valence-electron chi connectivity index (χ2n) is 7.55. The molecule has 0 aliphatic carbocycles. The first-order valence-corrected chi connectivity index (χ1v) is 9.68. The highest BCUT2D eigenvalue weighted by molar-refractivity contribution is 5.91. The van der Waals surface area contributed by atoms with Crippen molar-refractivity contribution in [3.8, 4) is 11.5 Å². The molecule has 2 aromatic rings. The van der Waals surface area contributed by atoms with Crippen molar-refractivity contribution in [2.24, 2.45) is 0 Å². The van der Waals surface area contributed by atoms with E-state index >= 15 is 0 Å². The number of amides is 1. The number of rotatable bonds is 5. The highest BCUT2D eigenvalue weighted by Crippen LogP contribution is 2.32. The van der Waals surface area contributed by atoms with E-state index in [4.69, 9.17) is 9.47 Å². The van der Waals surface area contributed by atoms with Gasteiger partial charge in [0.1, 0.15) is 38.5 Å². The summed E-state index contributed by atoms with van der Waals surface area (Å²) in [6, 6.07) is 10.9. The average Bonchev–Trinajstić information content (AvgIpc) is 3.14. The third-order valence-electron chi connectivity index (χ3n) is 5.42. The minimum Gasteiger partial charge on any atom is -0.454 e. The van der Waals surface area contributed by atoms with Gasteiger partial charge >= 0.3 is 0 Å². The maximum Gasteiger partial charge on any atom is 0.279 e. The van der Waals surface area contributed by atoms with Crippen LogP contribution in [0.15, 0.2) is 36.4 Å². The molecule has 148 valence electrons. The Kier molecular flexibility index (Phi) is 5.45. The number of carbonyl (C=O) groups excluding carboxylic acids is 1. The molecule has 2 heterocycles. The molecule has 0 atom stereocenters. The van der Waals surface area contributed by atoms with Crippen LogP contribution in [0.1, 0.15) is 11.1 Å². The number of nitrogens with one attached hydrogen (secondary N) is 3. The Bertz CT molecular complexity index is 866. The molecule has 1 saturated heterocycles. The number of piperazine rings is 1. The highest BCUT2D eigenvalue weighted by Gasteiger charge is 2.25. The molecule has 0 saturated carbocycles. The normalized spacial score (nSPS) is 20.8. The molecular weight excluding hydrogens is 361 g/mol. The van der Waals surface area contributed by atoms with Crippen molar-refractivity contribution in [2.45, 2.75) is 13.5 Å². The van der Waals surface area contributed by atoms with Crippen molar-refractivity contribution in [3.63, 3.8) is 0 Å². The van der Waals surface area contributed by atoms with Gasteiger partial charge in [-0.3, -0.25) is 4.79 Å². The minimum absolute atomic E-state index is 0.0718. The Morgan fingerprint density at radius 1 is 1.04 bits per heavy atom. The number of anilines is 1. The highest BCUT2D eigenvalue weighted by atomic mass is 19.1. The smallest absolute Gasteiger partial charge is 0.279 e. The van der Waals surface area contributed by atoms with Crippen molar-refractivity contribution in [3.05, 3.63) is 53.3 Å². The molecule has 7 heteroatoms. The van der Waals surface area contributed by atoms with Crippen LogP contribution in [0.25, 0.3) is 0 Å². The summed E-state index contributed by atoms with van der Waals surface area (Å²) < 4.78 is 24.4. The lowest BCUT2D eigenvalue weighted by Gasteiger charge is -2.29. The molecule has 4 rings (SSSR count). The fraction of sp³-hybridized carbons (Fsp3) is 0.381. The van der Waals surface area contributed by atoms with Crippen LogP contribution in [0, 0.1) is 12.7 Å². The van der Waals surface area contributed by atoms with E-state index in [-0.39, 0.29) is 11.7 Å². The van der Waals surface area contributed by atoms with Gasteiger partial charge in [-0.2, -0.15) is 0 Å². The summed E-state index contributed by atoms with van der Waals surface area (Å²) in [4.78, 5) is 15.0. The Morgan fingerprint density at radius 2 is 1.79 bits per heavy atom. The average molecular weight is 387 g/mol. The number of benzene rings is 2. The topological polar surface area (TPSA) is 56.4 Å². The molecule has 0 aromatic heterocycles. The van der Waals surface area contributed by atoms with E-state index in [2.05, 4.69) is 17.4 Å². The summed E-state index contributed by atoms with van der Waals surface area (Å²) in [6.45, 7) is 7.25. The van der Waals surface area contributed by atoms with Crippen molar-refractivity contribution < 1.29 is 28.5 Å². The standard InChI is InChI=1S/C21H24FN3O3/c1-15-2-4-17(11-18(15)22)23-21(26)13-25-8-6-24(7-9-25)12-16-3-5-19-20(10-16)28-14-27-19/h2-5,10-11H,6-9,12-14H2,1H3,(H,23,26)/p+2. The van der Waals surface area contributed by atoms with Crippen LogP contribution < -0.4 is 24.6 Å². The molecule has 2 aromatic carbocycles. The summed E-state index contributed by atoms with van der Waals surface area (Å²) in [5, 5.41) is 2.80. The first kappa shape index (κ1) is 18.7. The molecule has 0 radical (unpaired) electrons. The predicted octanol–water partition coefficient (Wildman–Crippen LogP) is -0.215. The number of halogens is 1. The van der Waals surface area contributed by atoms with Crippen LogP contribution in [0.2, 0.25) is 0 Å². The van der Waals surface area contributed by atoms with Crippen LogP contribution >= 0.6 is 0 Å². The van der Waals surface area contributed by atoms with E-state index in [9.17, 15) is 9.18 Å². The van der Waals surface area contributed by atoms with Gasteiger partial charge in [0, 0.05) is 11.3 Å². The molecule has 0 spiro atoms. The van der Waals surface area contributed by atoms with Crippen molar-refractivity contribution >= 4 is 11.6 Å². The summed E-state index contributed by atoms with van der Waals surface area (Å²) in [5.74, 6) is 1.27. The number of fused-ring (bicyclic) bond motifs is 1. The Hall–Kier alpha value is -2.64. The number of aryl methyl sites for hydroxylation is 1. The van der Waals surface area contributed by atoms with Gasteiger partial charge in [-0.25, -0.2) is 4.39 Å². The third-order valence-corrected chi connectivity index (χ3v) is 5.42. The van der Waals surface area contributed by atoms with E-state index in [0.717, 1.165) is 44.2 Å². The van der Waals surface area contributed by atoms with Crippen LogP contribution in [0.4, 0.5) is 10.1 Å². The zero-order valence-corrected chi connectivity index (χ0v) is 16.0. The lowest BCUT2D eigenvalue weighted by molar-refractivity contribution is -1.02. The molecule has 28 heavy (non-hydrogen) atoms. The largest absolute Gasteiger partial charge is 0.454 e. The molecule has 6 nitrogen and oxygen atoms in total. The zero-order chi connectivity index (χ0) is 19.5. The van der Waals surface area contributed by atoms with Gasteiger partial charge in [0.05, 0.1) is 0 Å². The first-order valence-electron chi connectivity index (χ1n) is 9.68. The summed E-state index contributed by atoms with van der Waals surface area (Å²) >= 11 is 0. The third kappa shape index (κ3) is 4.43. The molecule has 2 aliphatic rings. The second-order valence-corrected chi connectivity index (χ2v) is 7.55. The Morgan fingerprint density at radius 3 is 2.57 bits per heavy atom. The van der Waals surface area contributed by atoms with Gasteiger partial charge in [0.2, 0.25) is 6.79 Å². The Labute approximate surface area is 163 Å². The molecule has 3 N–H and O–H groups in total. The van der Waals surface area contributed by atoms with Gasteiger partial charge in [0.25, 0.3) is 5.91 Å². The fourth-order valence-corrected chi connectivity index (χ4v) is 3.75. The molecule has 0 bridgehead atoms. The second kappa shape index (κ2) is 8.16. The monoisotopic (exact) mass is 387 g/mol. The summed E-state index contributed by atoms with van der Waals surface area (Å²) in [7, 11) is 0. The van der Waals surface area contributed by atoms with Gasteiger partial charge in [-0.1, -0.05) is 6.07 Å². The van der Waals surface area contributed by atoms with Crippen LogP contribution in [-0.2, 0) is 11.3 Å². The fourth-order valence-electron chi connectivity index (χ4n) is 3.75. The number of ether oxygens (including phenoxy) is 2. The maximum atomic E-state index is 13.6. The van der Waals surface area contributed by atoms with E-state index in [1.807, 2.05) is 6.07 Å². The molecule has 1 fully saturated rings. The summed E-state index contributed by atoms with van der Waals surface area (Å²) in [6.07, 6.45) is 0. The molecule has 2 aliphatic heterocycles. The number of carbonyl (C=O) groups is 1. The van der Waals surface area contributed by atoms with Crippen LogP contribution in [0.3, 0.4) is 0 Å². The molecular formula is C21H26FN3O3+2. The number of hydrogen-bond donors (Lipinski definition) is 3. The van der Waals surface area contributed by atoms with Crippen molar-refractivity contribution in [2.75, 3.05) is 44.8 Å². The quantitative estimate of drug-likeness (QED) is 0.665. The lowest BCUT2D eigenvalue weighted by Crippen LogP contribution is -3.28. The SMILES string of the molecule is Cc1ccc(NC(=O)C[NH+]2CC[NH+](Cc3ccc4c(c3)OCO4)CC2)cc1F. The molecule has 0 unspecified atom stereocenters. The van der Waals surface area contributed by atoms with Gasteiger partial charge < -0.3 is 24.6 Å². The maximum absolute atomic E-state index is 13.6. The van der Waals surface area contributed by atoms with Gasteiger partial charge in [-0.05, 0) is 42.8 Å². The first-order chi connectivity index (χ1) is 13.6. The lowest BCUT2D eigenvalue weighted by atomic mass is 10.1. The van der Waals surface area contributed by atoms with Crippen LogP contribution in [-0.4, -0.2) is 45.4 Å². The van der Waals surface area contributed by atoms with Gasteiger partial charge in [0.15, 0.2) is 18.0 Å². The van der Waals surface area contributed by atoms with E-state index in [1.165, 1.54) is 21.4 Å². The van der Waals surface area contributed by atoms with Crippen molar-refractivity contribution in [1.29, 1.82) is 0 Å². The number of quaternary nitrogens is 2. The van der Waals surface area contributed by atoms with Crippen molar-refractivity contribution in [1.82, 2.24) is 0 Å². The Balaban J connectivity index is 1.23. The zero-order valence-electron chi connectivity index (χ0n) is 16.0. The summed E-state index contributed by atoms with van der Waals surface area (Å²) in [5.41, 5.74) is 2.33. The molecule has 1 amide bonds. The minimum atomic E-state index is -0.300. The van der Waals surface area contributed by atoms with Crippen LogP contribution in [0.5, 0.6) is 11.5 Å². The number of hydrogen-bond acceptors (Lipinski definition) is 3. The van der Waals surface area contributed by atoms with Gasteiger partial charge in [-0.15, -0.1) is 0 Å². The van der Waals surface area contributed by atoms with E-state index in [0.29, 0.717) is 24.6 Å². The predicted molar refractivity (Wildman–Crippen MR) is 102 cm³/mol. The van der Waals surface area contributed by atoms with E-state index in [1.54, 1.807) is 19.1 Å².